The van der Waals surface area contributed by atoms with Crippen molar-refractivity contribution in [3.05, 3.63) is 18.3 Å². The van der Waals surface area contributed by atoms with Crippen LogP contribution in [0.3, 0.4) is 0 Å². The van der Waals surface area contributed by atoms with Gasteiger partial charge in [-0.05, 0) is 25.9 Å². The molecule has 0 atom stereocenters. The topological polar surface area (TPSA) is 41.0 Å². The predicted octanol–water partition coefficient (Wildman–Crippen LogP) is 1.12. The first-order valence-corrected chi connectivity index (χ1v) is 5.28. The molecule has 0 aliphatic carbocycles. The molecule has 0 unspecified atom stereocenters. The molecule has 1 aromatic heterocycles. The smallest absolute Gasteiger partial charge is 0.217 e. The maximum absolute atomic E-state index is 12.7. The van der Waals surface area contributed by atoms with Gasteiger partial charge in [-0.15, -0.1) is 0 Å². The predicted molar refractivity (Wildman–Crippen MR) is 56.2 cm³/mol. The molecular weight excluding hydrogens is 195 g/mol. The van der Waals surface area contributed by atoms with E-state index in [4.69, 9.17) is 0 Å². The second-order valence-corrected chi connectivity index (χ2v) is 3.70. The van der Waals surface area contributed by atoms with Crippen LogP contribution in [0.25, 0.3) is 0 Å². The molecule has 0 bridgehead atoms. The lowest BCUT2D eigenvalue weighted by molar-refractivity contribution is 0.352. The second-order valence-electron chi connectivity index (χ2n) is 3.70. The van der Waals surface area contributed by atoms with E-state index in [1.54, 1.807) is 0 Å². The Balaban J connectivity index is 1.73. The van der Waals surface area contributed by atoms with Crippen LogP contribution in [0.5, 0.6) is 0 Å². The van der Waals surface area contributed by atoms with Crippen molar-refractivity contribution in [2.24, 2.45) is 0 Å². The van der Waals surface area contributed by atoms with Crippen molar-refractivity contribution in [1.29, 1.82) is 0 Å². The molecule has 1 N–H and O–H groups in total. The minimum atomic E-state index is -0.492. The number of halogens is 1. The van der Waals surface area contributed by atoms with Crippen LogP contribution in [0.2, 0.25) is 0 Å². The number of aromatic nitrogens is 2. The Labute approximate surface area is 88.5 Å². The third-order valence-electron chi connectivity index (χ3n) is 2.57. The molecule has 1 saturated heterocycles. The number of hydrogen-bond donors (Lipinski definition) is 1. The molecule has 0 spiro atoms. The van der Waals surface area contributed by atoms with E-state index in [-0.39, 0.29) is 0 Å². The minimum absolute atomic E-state index is 0.492. The van der Waals surface area contributed by atoms with E-state index < -0.39 is 5.95 Å². The van der Waals surface area contributed by atoms with Crippen molar-refractivity contribution < 1.29 is 4.39 Å². The van der Waals surface area contributed by atoms with Gasteiger partial charge in [-0.25, -0.2) is 9.97 Å². The molecule has 15 heavy (non-hydrogen) atoms. The molecule has 0 radical (unpaired) electrons. The lowest BCUT2D eigenvalue weighted by Crippen LogP contribution is -2.26. The third kappa shape index (κ3) is 3.13. The Morgan fingerprint density at radius 2 is 2.13 bits per heavy atom. The van der Waals surface area contributed by atoms with E-state index in [9.17, 15) is 4.39 Å². The maximum atomic E-state index is 12.7. The number of anilines is 1. The summed E-state index contributed by atoms with van der Waals surface area (Å²) in [6.45, 7) is 4.15. The van der Waals surface area contributed by atoms with Gasteiger partial charge in [0.1, 0.15) is 12.1 Å². The number of nitrogens with one attached hydrogen (secondary N) is 1. The molecule has 0 amide bonds. The Morgan fingerprint density at radius 3 is 2.87 bits per heavy atom. The fourth-order valence-electron chi connectivity index (χ4n) is 1.78. The highest BCUT2D eigenvalue weighted by Crippen LogP contribution is 2.07. The molecular formula is C10H15FN4. The van der Waals surface area contributed by atoms with Crippen molar-refractivity contribution >= 4 is 5.82 Å². The van der Waals surface area contributed by atoms with E-state index in [2.05, 4.69) is 20.2 Å². The fraction of sp³-hybridized carbons (Fsp3) is 0.600. The van der Waals surface area contributed by atoms with Gasteiger partial charge in [0.25, 0.3) is 0 Å². The normalized spacial score (nSPS) is 16.9. The van der Waals surface area contributed by atoms with E-state index >= 15 is 0 Å². The highest BCUT2D eigenvalue weighted by molar-refractivity contribution is 5.31. The van der Waals surface area contributed by atoms with Crippen molar-refractivity contribution in [3.63, 3.8) is 0 Å². The largest absolute Gasteiger partial charge is 0.369 e. The van der Waals surface area contributed by atoms with Gasteiger partial charge >= 0.3 is 0 Å². The van der Waals surface area contributed by atoms with Gasteiger partial charge in [0.05, 0.1) is 0 Å². The van der Waals surface area contributed by atoms with Crippen LogP contribution in [0.1, 0.15) is 12.8 Å². The molecule has 5 heteroatoms. The number of likely N-dealkylation sites (tertiary alicyclic amines) is 1. The summed E-state index contributed by atoms with van der Waals surface area (Å²) in [5.41, 5.74) is 0. The van der Waals surface area contributed by atoms with Crippen LogP contribution >= 0.6 is 0 Å². The van der Waals surface area contributed by atoms with E-state index in [0.29, 0.717) is 5.82 Å². The molecule has 2 heterocycles. The zero-order valence-electron chi connectivity index (χ0n) is 8.62. The molecule has 1 aliphatic heterocycles. The molecule has 4 nitrogen and oxygen atoms in total. The molecule has 1 aromatic rings. The van der Waals surface area contributed by atoms with E-state index in [1.165, 1.54) is 38.3 Å². The second kappa shape index (κ2) is 5.02. The number of hydrogen-bond acceptors (Lipinski definition) is 4. The summed E-state index contributed by atoms with van der Waals surface area (Å²) in [4.78, 5) is 9.71. The van der Waals surface area contributed by atoms with Crippen LogP contribution in [-0.4, -0.2) is 41.0 Å². The summed E-state index contributed by atoms with van der Waals surface area (Å²) in [7, 11) is 0. The van der Waals surface area contributed by atoms with Gasteiger partial charge in [-0.1, -0.05) is 0 Å². The van der Waals surface area contributed by atoms with Crippen molar-refractivity contribution in [3.8, 4) is 0 Å². The van der Waals surface area contributed by atoms with Crippen LogP contribution < -0.4 is 5.32 Å². The van der Waals surface area contributed by atoms with Gasteiger partial charge in [0.2, 0.25) is 5.95 Å². The first-order chi connectivity index (χ1) is 7.34. The Bertz CT molecular complexity index is 312. The Hall–Kier alpha value is -1.23. The van der Waals surface area contributed by atoms with E-state index in [1.807, 2.05) is 0 Å². The van der Waals surface area contributed by atoms with Crippen molar-refractivity contribution in [1.82, 2.24) is 14.9 Å². The minimum Gasteiger partial charge on any atom is -0.369 e. The standard InChI is InChI=1S/C10H15FN4/c11-9-7-10(14-8-13-9)12-3-6-15-4-1-2-5-15/h7-8H,1-6H2,(H,12,13,14). The highest BCUT2D eigenvalue weighted by Gasteiger charge is 2.10. The summed E-state index contributed by atoms with van der Waals surface area (Å²) in [5, 5.41) is 3.08. The molecule has 1 aliphatic rings. The van der Waals surface area contributed by atoms with E-state index in [0.717, 1.165) is 13.1 Å². The van der Waals surface area contributed by atoms with Gasteiger partial charge < -0.3 is 10.2 Å². The summed E-state index contributed by atoms with van der Waals surface area (Å²) in [6.07, 6.45) is 3.82. The summed E-state index contributed by atoms with van der Waals surface area (Å²) >= 11 is 0. The summed E-state index contributed by atoms with van der Waals surface area (Å²) < 4.78 is 12.7. The monoisotopic (exact) mass is 210 g/mol. The molecule has 2 rings (SSSR count). The van der Waals surface area contributed by atoms with Crippen molar-refractivity contribution in [2.45, 2.75) is 12.8 Å². The fourth-order valence-corrected chi connectivity index (χ4v) is 1.78. The highest BCUT2D eigenvalue weighted by atomic mass is 19.1. The first kappa shape index (κ1) is 10.3. The SMILES string of the molecule is Fc1cc(NCCN2CCCC2)ncn1. The van der Waals surface area contributed by atoms with Crippen molar-refractivity contribution in [2.75, 3.05) is 31.5 Å². The zero-order valence-corrected chi connectivity index (χ0v) is 8.62. The third-order valence-corrected chi connectivity index (χ3v) is 2.57. The first-order valence-electron chi connectivity index (χ1n) is 5.28. The average molecular weight is 210 g/mol. The van der Waals surface area contributed by atoms with Crippen LogP contribution in [-0.2, 0) is 0 Å². The maximum Gasteiger partial charge on any atom is 0.217 e. The van der Waals surface area contributed by atoms with Gasteiger partial charge in [0.15, 0.2) is 0 Å². The number of rotatable bonds is 4. The lowest BCUT2D eigenvalue weighted by atomic mass is 10.4. The average Bonchev–Trinajstić information content (AvgIpc) is 2.71. The number of nitrogens with zero attached hydrogens (tertiary/aromatic N) is 3. The summed E-state index contributed by atoms with van der Waals surface area (Å²) in [6, 6.07) is 1.31. The quantitative estimate of drug-likeness (QED) is 0.756. The van der Waals surface area contributed by atoms with Gasteiger partial charge in [0, 0.05) is 19.2 Å². The molecule has 1 fully saturated rings. The zero-order chi connectivity index (χ0) is 10.5. The Kier molecular flexibility index (Phi) is 3.45. The van der Waals surface area contributed by atoms with Crippen LogP contribution in [0.4, 0.5) is 10.2 Å². The Morgan fingerprint density at radius 1 is 1.33 bits per heavy atom. The lowest BCUT2D eigenvalue weighted by Gasteiger charge is -2.14. The van der Waals surface area contributed by atoms with Crippen LogP contribution in [0, 0.1) is 5.95 Å². The summed E-state index contributed by atoms with van der Waals surface area (Å²) in [5.74, 6) is 0.0652. The molecule has 0 saturated carbocycles. The van der Waals surface area contributed by atoms with Crippen LogP contribution in [0.15, 0.2) is 12.4 Å². The van der Waals surface area contributed by atoms with Gasteiger partial charge in [-0.3, -0.25) is 0 Å². The molecule has 0 aromatic carbocycles. The molecule has 82 valence electrons. The van der Waals surface area contributed by atoms with Gasteiger partial charge in [-0.2, -0.15) is 4.39 Å².